The van der Waals surface area contributed by atoms with Crippen LogP contribution in [-0.2, 0) is 9.84 Å². The molecular formula is C10H14BrNO3S. The van der Waals surface area contributed by atoms with E-state index in [2.05, 4.69) is 21.2 Å². The first-order valence-corrected chi connectivity index (χ1v) is 7.16. The molecule has 0 spiro atoms. The van der Waals surface area contributed by atoms with Crippen molar-refractivity contribution in [3.8, 4) is 5.75 Å². The highest BCUT2D eigenvalue weighted by molar-refractivity contribution is 9.10. The van der Waals surface area contributed by atoms with Crippen molar-refractivity contribution in [1.29, 1.82) is 0 Å². The van der Waals surface area contributed by atoms with Crippen molar-refractivity contribution in [2.45, 2.75) is 4.90 Å². The highest BCUT2D eigenvalue weighted by Gasteiger charge is 2.15. The molecule has 0 bridgehead atoms. The molecule has 4 nitrogen and oxygen atoms in total. The summed E-state index contributed by atoms with van der Waals surface area (Å²) in [6.45, 7) is 0.436. The van der Waals surface area contributed by atoms with Gasteiger partial charge in [-0.1, -0.05) is 0 Å². The molecule has 0 atom stereocenters. The van der Waals surface area contributed by atoms with E-state index in [1.54, 1.807) is 25.2 Å². The molecular weight excluding hydrogens is 294 g/mol. The molecule has 0 radical (unpaired) electrons. The minimum atomic E-state index is -3.22. The molecule has 1 aromatic rings. The fourth-order valence-electron chi connectivity index (χ4n) is 1.19. The summed E-state index contributed by atoms with van der Waals surface area (Å²) in [4.78, 5) is 0.301. The lowest BCUT2D eigenvalue weighted by Crippen LogP contribution is -2.19. The zero-order valence-electron chi connectivity index (χ0n) is 9.16. The Morgan fingerprint density at radius 1 is 1.44 bits per heavy atom. The van der Waals surface area contributed by atoms with E-state index < -0.39 is 9.84 Å². The van der Waals surface area contributed by atoms with Crippen molar-refractivity contribution in [2.24, 2.45) is 0 Å². The van der Waals surface area contributed by atoms with Gasteiger partial charge < -0.3 is 10.1 Å². The smallest absolute Gasteiger partial charge is 0.179 e. The van der Waals surface area contributed by atoms with Gasteiger partial charge in [-0.25, -0.2) is 8.42 Å². The molecule has 1 rings (SSSR count). The van der Waals surface area contributed by atoms with Crippen LogP contribution < -0.4 is 10.1 Å². The Morgan fingerprint density at radius 3 is 2.62 bits per heavy atom. The van der Waals surface area contributed by atoms with Crippen LogP contribution >= 0.6 is 15.9 Å². The lowest BCUT2D eigenvalue weighted by atomic mass is 10.3. The van der Waals surface area contributed by atoms with Crippen molar-refractivity contribution < 1.29 is 13.2 Å². The van der Waals surface area contributed by atoms with Gasteiger partial charge in [0, 0.05) is 6.54 Å². The molecule has 0 aliphatic carbocycles. The van der Waals surface area contributed by atoms with Crippen molar-refractivity contribution in [3.63, 3.8) is 0 Å². The molecule has 0 aromatic heterocycles. The average Bonchev–Trinajstić information content (AvgIpc) is 2.26. The first-order chi connectivity index (χ1) is 7.51. The lowest BCUT2D eigenvalue weighted by Gasteiger charge is -2.07. The number of halogens is 1. The molecule has 0 saturated heterocycles. The Hall–Kier alpha value is -0.590. The third-order valence-corrected chi connectivity index (χ3v) is 4.44. The van der Waals surface area contributed by atoms with Crippen molar-refractivity contribution in [2.75, 3.05) is 26.5 Å². The number of nitrogens with one attached hydrogen (secondary N) is 1. The van der Waals surface area contributed by atoms with Gasteiger partial charge >= 0.3 is 0 Å². The molecule has 1 N–H and O–H groups in total. The van der Waals surface area contributed by atoms with Gasteiger partial charge in [0.2, 0.25) is 0 Å². The number of methoxy groups -OCH3 is 1. The SMILES string of the molecule is CNCCS(=O)(=O)c1ccc(OC)c(Br)c1. The number of hydrogen-bond acceptors (Lipinski definition) is 4. The highest BCUT2D eigenvalue weighted by atomic mass is 79.9. The molecule has 0 saturated carbocycles. The van der Waals surface area contributed by atoms with Crippen LogP contribution in [0.1, 0.15) is 0 Å². The molecule has 0 amide bonds. The standard InChI is InChI=1S/C10H14BrNO3S/c1-12-5-6-16(13,14)8-3-4-10(15-2)9(11)7-8/h3-4,7,12H,5-6H2,1-2H3. The maximum Gasteiger partial charge on any atom is 0.179 e. The van der Waals surface area contributed by atoms with Crippen LogP contribution in [0.15, 0.2) is 27.6 Å². The van der Waals surface area contributed by atoms with Crippen LogP contribution in [0.3, 0.4) is 0 Å². The molecule has 16 heavy (non-hydrogen) atoms. The number of ether oxygens (including phenoxy) is 1. The van der Waals surface area contributed by atoms with E-state index in [1.165, 1.54) is 7.11 Å². The second-order valence-electron chi connectivity index (χ2n) is 3.22. The summed E-state index contributed by atoms with van der Waals surface area (Å²) < 4.78 is 29.4. The van der Waals surface area contributed by atoms with Crippen LogP contribution in [0.2, 0.25) is 0 Å². The van der Waals surface area contributed by atoms with Gasteiger partial charge in [0.25, 0.3) is 0 Å². The van der Waals surface area contributed by atoms with Gasteiger partial charge in [-0.2, -0.15) is 0 Å². The van der Waals surface area contributed by atoms with E-state index in [1.807, 2.05) is 0 Å². The molecule has 0 aliphatic rings. The molecule has 0 heterocycles. The van der Waals surface area contributed by atoms with E-state index in [0.29, 0.717) is 21.7 Å². The number of hydrogen-bond donors (Lipinski definition) is 1. The maximum absolute atomic E-state index is 11.8. The highest BCUT2D eigenvalue weighted by Crippen LogP contribution is 2.27. The van der Waals surface area contributed by atoms with E-state index in [4.69, 9.17) is 4.74 Å². The van der Waals surface area contributed by atoms with E-state index in [0.717, 1.165) is 0 Å². The molecule has 0 unspecified atom stereocenters. The maximum atomic E-state index is 11.8. The summed E-state index contributed by atoms with van der Waals surface area (Å²) in [5.74, 6) is 0.704. The largest absolute Gasteiger partial charge is 0.496 e. The van der Waals surface area contributed by atoms with E-state index >= 15 is 0 Å². The average molecular weight is 308 g/mol. The number of sulfone groups is 1. The minimum Gasteiger partial charge on any atom is -0.496 e. The Balaban J connectivity index is 3.01. The molecule has 1 aromatic carbocycles. The van der Waals surface area contributed by atoms with Crippen LogP contribution in [-0.4, -0.2) is 34.9 Å². The van der Waals surface area contributed by atoms with E-state index in [9.17, 15) is 8.42 Å². The predicted octanol–water partition coefficient (Wildman–Crippen LogP) is 1.45. The van der Waals surface area contributed by atoms with Crippen LogP contribution in [0.4, 0.5) is 0 Å². The lowest BCUT2D eigenvalue weighted by molar-refractivity contribution is 0.411. The molecule has 90 valence electrons. The zero-order chi connectivity index (χ0) is 12.2. The third kappa shape index (κ3) is 3.20. The van der Waals surface area contributed by atoms with Crippen LogP contribution in [0.5, 0.6) is 5.75 Å². The first-order valence-electron chi connectivity index (χ1n) is 4.72. The second kappa shape index (κ2) is 5.65. The topological polar surface area (TPSA) is 55.4 Å². The summed E-state index contributed by atoms with van der Waals surface area (Å²) >= 11 is 3.26. The summed E-state index contributed by atoms with van der Waals surface area (Å²) in [7, 11) is 0.0407. The minimum absolute atomic E-state index is 0.0856. The number of rotatable bonds is 5. The van der Waals surface area contributed by atoms with Gasteiger partial charge in [-0.3, -0.25) is 0 Å². The summed E-state index contributed by atoms with van der Waals surface area (Å²) in [5, 5.41) is 2.82. The quantitative estimate of drug-likeness (QED) is 0.894. The van der Waals surface area contributed by atoms with Gasteiger partial charge in [0.05, 0.1) is 22.2 Å². The molecule has 6 heteroatoms. The zero-order valence-corrected chi connectivity index (χ0v) is 11.6. The summed E-state index contributed by atoms with van der Waals surface area (Å²) in [5.41, 5.74) is 0. The normalized spacial score (nSPS) is 11.4. The summed E-state index contributed by atoms with van der Waals surface area (Å²) in [6, 6.07) is 4.74. The molecule has 0 fully saturated rings. The Labute approximate surface area is 104 Å². The Kier molecular flexibility index (Phi) is 4.76. The van der Waals surface area contributed by atoms with Crippen LogP contribution in [0, 0.1) is 0 Å². The molecule has 0 aliphatic heterocycles. The first kappa shape index (κ1) is 13.5. The number of benzene rings is 1. The third-order valence-electron chi connectivity index (χ3n) is 2.10. The van der Waals surface area contributed by atoms with Gasteiger partial charge in [0.1, 0.15) is 5.75 Å². The van der Waals surface area contributed by atoms with E-state index in [-0.39, 0.29) is 5.75 Å². The van der Waals surface area contributed by atoms with Gasteiger partial charge in [0.15, 0.2) is 9.84 Å². The second-order valence-corrected chi connectivity index (χ2v) is 6.18. The fraction of sp³-hybridized carbons (Fsp3) is 0.400. The Morgan fingerprint density at radius 2 is 2.12 bits per heavy atom. The van der Waals surface area contributed by atoms with Crippen LogP contribution in [0.25, 0.3) is 0 Å². The predicted molar refractivity (Wildman–Crippen MR) is 66.7 cm³/mol. The fourth-order valence-corrected chi connectivity index (χ4v) is 3.17. The van der Waals surface area contributed by atoms with Gasteiger partial charge in [-0.05, 0) is 41.2 Å². The van der Waals surface area contributed by atoms with Crippen molar-refractivity contribution >= 4 is 25.8 Å². The monoisotopic (exact) mass is 307 g/mol. The Bertz CT molecular complexity index is 459. The van der Waals surface area contributed by atoms with Gasteiger partial charge in [-0.15, -0.1) is 0 Å². The summed E-state index contributed by atoms with van der Waals surface area (Å²) in [6.07, 6.45) is 0. The van der Waals surface area contributed by atoms with Crippen molar-refractivity contribution in [3.05, 3.63) is 22.7 Å². The van der Waals surface area contributed by atoms with Crippen molar-refractivity contribution in [1.82, 2.24) is 5.32 Å².